The number of nitro benzene ring substituents is 1. The normalized spacial score (nSPS) is 22.0. The average Bonchev–Trinajstić information content (AvgIpc) is 2.74. The number of hydrogen-bond acceptors (Lipinski definition) is 7. The molecule has 1 N–H and O–H groups in total. The van der Waals surface area contributed by atoms with Gasteiger partial charge in [0.2, 0.25) is 0 Å². The summed E-state index contributed by atoms with van der Waals surface area (Å²) in [6.45, 7) is 2.31. The zero-order valence-electron chi connectivity index (χ0n) is 12.2. The molecule has 0 aromatic heterocycles. The monoisotopic (exact) mass is 340 g/mol. The third-order valence-corrected chi connectivity index (χ3v) is 3.93. The molecule has 0 unspecified atom stereocenters. The molecule has 1 atom stereocenters. The fraction of sp³-hybridized carbons (Fsp3) is 0.308. The van der Waals surface area contributed by atoms with Crippen LogP contribution in [0.4, 0.5) is 11.4 Å². The van der Waals surface area contributed by atoms with Crippen molar-refractivity contribution in [1.82, 2.24) is 0 Å². The summed E-state index contributed by atoms with van der Waals surface area (Å²) in [6.07, 6.45) is 0. The van der Waals surface area contributed by atoms with Crippen LogP contribution in [0.1, 0.15) is 19.4 Å². The van der Waals surface area contributed by atoms with E-state index in [0.29, 0.717) is 0 Å². The molecule has 1 saturated heterocycles. The van der Waals surface area contributed by atoms with Crippen LogP contribution < -0.4 is 5.32 Å². The second kappa shape index (κ2) is 5.96. The molecule has 1 aliphatic heterocycles. The van der Waals surface area contributed by atoms with E-state index in [0.717, 1.165) is 0 Å². The van der Waals surface area contributed by atoms with Crippen molar-refractivity contribution in [2.24, 2.45) is 0 Å². The van der Waals surface area contributed by atoms with Gasteiger partial charge in [0.1, 0.15) is 12.2 Å². The van der Waals surface area contributed by atoms with Gasteiger partial charge in [0.05, 0.1) is 4.92 Å². The molecule has 1 aliphatic rings. The molecule has 0 radical (unpaired) electrons. The van der Waals surface area contributed by atoms with Gasteiger partial charge in [0.15, 0.2) is 5.60 Å². The lowest BCUT2D eigenvalue weighted by Crippen LogP contribution is -2.42. The first-order valence-corrected chi connectivity index (χ1v) is 7.63. The van der Waals surface area contributed by atoms with Crippen LogP contribution in [0.15, 0.2) is 18.2 Å². The number of hydrogen-bond donors (Lipinski definition) is 1. The summed E-state index contributed by atoms with van der Waals surface area (Å²) in [5.41, 5.74) is -1.58. The molecule has 23 heavy (non-hydrogen) atoms. The Morgan fingerprint density at radius 1 is 1.48 bits per heavy atom. The zero-order valence-corrected chi connectivity index (χ0v) is 13.0. The highest BCUT2D eigenvalue weighted by Gasteiger charge is 2.47. The second-order valence-corrected chi connectivity index (χ2v) is 6.02. The minimum Gasteiger partial charge on any atom is -0.323 e. The lowest BCUT2D eigenvalue weighted by Gasteiger charge is -2.18. The van der Waals surface area contributed by atoms with Gasteiger partial charge in [0.25, 0.3) is 11.6 Å². The Labute approximate surface area is 132 Å². The molecule has 1 aromatic carbocycles. The first kappa shape index (κ1) is 16.9. The fourth-order valence-corrected chi connectivity index (χ4v) is 2.82. The summed E-state index contributed by atoms with van der Waals surface area (Å²) in [4.78, 5) is 22.5. The first-order chi connectivity index (χ1) is 10.7. The Hall–Kier alpha value is -2.48. The molecule has 1 aromatic rings. The third-order valence-electron chi connectivity index (χ3n) is 2.96. The molecule has 0 saturated carbocycles. The third kappa shape index (κ3) is 3.65. The van der Waals surface area contributed by atoms with Crippen LogP contribution in [-0.2, 0) is 23.6 Å². The molecule has 122 valence electrons. The van der Waals surface area contributed by atoms with Crippen molar-refractivity contribution < 1.29 is 26.5 Å². The molecule has 1 heterocycles. The maximum atomic E-state index is 12.2. The van der Waals surface area contributed by atoms with Gasteiger partial charge in [-0.15, -0.1) is 5.92 Å². The molecular weight excluding hydrogens is 328 g/mol. The summed E-state index contributed by atoms with van der Waals surface area (Å²) >= 11 is 0. The lowest BCUT2D eigenvalue weighted by molar-refractivity contribution is -0.385. The largest absolute Gasteiger partial charge is 0.401 e. The van der Waals surface area contributed by atoms with Gasteiger partial charge in [-0.1, -0.05) is 5.92 Å². The van der Waals surface area contributed by atoms with Crippen molar-refractivity contribution in [3.05, 3.63) is 33.9 Å². The minimum atomic E-state index is -4.20. The van der Waals surface area contributed by atoms with Crippen LogP contribution >= 0.6 is 0 Å². The predicted octanol–water partition coefficient (Wildman–Crippen LogP) is 0.955. The van der Waals surface area contributed by atoms with E-state index in [4.69, 9.17) is 0 Å². The number of carbonyl (C=O) groups is 1. The van der Waals surface area contributed by atoms with Gasteiger partial charge in [-0.3, -0.25) is 14.9 Å². The Balaban J connectivity index is 2.26. The first-order valence-electron chi connectivity index (χ1n) is 6.29. The number of anilines is 1. The minimum absolute atomic E-state index is 0.122. The second-order valence-electron chi connectivity index (χ2n) is 4.80. The van der Waals surface area contributed by atoms with Crippen LogP contribution in [0.2, 0.25) is 0 Å². The van der Waals surface area contributed by atoms with Gasteiger partial charge in [-0.25, -0.2) is 8.37 Å². The van der Waals surface area contributed by atoms with Crippen molar-refractivity contribution >= 4 is 27.7 Å². The van der Waals surface area contributed by atoms with Crippen molar-refractivity contribution in [3.63, 3.8) is 0 Å². The van der Waals surface area contributed by atoms with E-state index < -0.39 is 33.4 Å². The summed E-state index contributed by atoms with van der Waals surface area (Å²) in [5.74, 6) is 4.35. The van der Waals surface area contributed by atoms with Gasteiger partial charge < -0.3 is 5.32 Å². The number of nitrogens with zero attached hydrogens (tertiary/aromatic N) is 1. The van der Waals surface area contributed by atoms with Gasteiger partial charge in [-0.05, 0) is 26.0 Å². The Kier molecular flexibility index (Phi) is 4.37. The van der Waals surface area contributed by atoms with E-state index in [-0.39, 0.29) is 16.9 Å². The molecular formula is C13H12N2O7S. The number of rotatable bonds is 3. The summed E-state index contributed by atoms with van der Waals surface area (Å²) < 4.78 is 31.3. The van der Waals surface area contributed by atoms with E-state index in [2.05, 4.69) is 25.5 Å². The van der Waals surface area contributed by atoms with E-state index in [9.17, 15) is 23.3 Å². The van der Waals surface area contributed by atoms with E-state index >= 15 is 0 Å². The highest BCUT2D eigenvalue weighted by Crippen LogP contribution is 2.27. The van der Waals surface area contributed by atoms with Crippen LogP contribution in [-0.4, -0.2) is 31.5 Å². The number of nitrogens with one attached hydrogen (secondary N) is 1. The molecule has 9 nitrogen and oxygen atoms in total. The zero-order chi connectivity index (χ0) is 17.3. The van der Waals surface area contributed by atoms with Crippen LogP contribution in [0.5, 0.6) is 0 Å². The maximum absolute atomic E-state index is 12.2. The number of carbonyl (C=O) groups excluding carboxylic acids is 1. The number of amides is 1. The van der Waals surface area contributed by atoms with Gasteiger partial charge >= 0.3 is 10.4 Å². The predicted molar refractivity (Wildman–Crippen MR) is 78.6 cm³/mol. The molecule has 10 heteroatoms. The van der Waals surface area contributed by atoms with Crippen LogP contribution in [0, 0.1) is 22.0 Å². The molecule has 0 aliphatic carbocycles. The quantitative estimate of drug-likeness (QED) is 0.493. The van der Waals surface area contributed by atoms with Gasteiger partial charge in [-0.2, -0.15) is 8.42 Å². The summed E-state index contributed by atoms with van der Waals surface area (Å²) in [6, 6.07) is 3.82. The highest BCUT2D eigenvalue weighted by molar-refractivity contribution is 7.82. The molecule has 1 amide bonds. The molecule has 1 fully saturated rings. The van der Waals surface area contributed by atoms with Crippen LogP contribution in [0.3, 0.4) is 0 Å². The van der Waals surface area contributed by atoms with E-state index in [1.54, 1.807) is 0 Å². The average molecular weight is 340 g/mol. The molecule has 0 spiro atoms. The molecule has 2 rings (SSSR count). The van der Waals surface area contributed by atoms with Gasteiger partial charge in [0, 0.05) is 11.8 Å². The smallest absolute Gasteiger partial charge is 0.323 e. The number of benzene rings is 1. The van der Waals surface area contributed by atoms with Crippen molar-refractivity contribution in [1.29, 1.82) is 0 Å². The maximum Gasteiger partial charge on any atom is 0.401 e. The highest BCUT2D eigenvalue weighted by atomic mass is 32.3. The van der Waals surface area contributed by atoms with Crippen molar-refractivity contribution in [3.8, 4) is 11.8 Å². The van der Waals surface area contributed by atoms with Crippen LogP contribution in [0.25, 0.3) is 0 Å². The Bertz CT molecular complexity index is 838. The SMILES string of the molecule is CC#Cc1cc(NC(=O)[C@@]2(C)COS(=O)(=O)O2)ccc1[N+](=O)[O-]. The molecule has 0 bridgehead atoms. The van der Waals surface area contributed by atoms with E-state index in [1.807, 2.05) is 0 Å². The lowest BCUT2D eigenvalue weighted by atomic mass is 10.1. The fourth-order valence-electron chi connectivity index (χ4n) is 1.83. The Morgan fingerprint density at radius 2 is 2.17 bits per heavy atom. The summed E-state index contributed by atoms with van der Waals surface area (Å²) in [7, 11) is -4.20. The van der Waals surface area contributed by atoms with Crippen molar-refractivity contribution in [2.75, 3.05) is 11.9 Å². The van der Waals surface area contributed by atoms with E-state index in [1.165, 1.54) is 32.0 Å². The number of nitro groups is 1. The van der Waals surface area contributed by atoms with Crippen molar-refractivity contribution in [2.45, 2.75) is 19.4 Å². The standard InChI is InChI=1S/C13H12N2O7S/c1-3-4-9-7-10(5-6-11(9)15(17)18)14-12(16)13(2)8-21-23(19,20)22-13/h5-7H,8H2,1-2H3,(H,14,16)/t13-/m1/s1. The Morgan fingerprint density at radius 3 is 2.70 bits per heavy atom. The summed E-state index contributed by atoms with van der Waals surface area (Å²) in [5, 5.41) is 13.3. The topological polar surface area (TPSA) is 125 Å².